The molecule has 10 heteroatoms. The van der Waals surface area contributed by atoms with Crippen molar-refractivity contribution in [1.82, 2.24) is 20.1 Å². The monoisotopic (exact) mass is 505 g/mol. The zero-order chi connectivity index (χ0) is 22.4. The van der Waals surface area contributed by atoms with Gasteiger partial charge in [0.2, 0.25) is 5.91 Å². The number of para-hydroxylation sites is 1. The molecule has 1 aromatic heterocycles. The quantitative estimate of drug-likeness (QED) is 0.442. The lowest BCUT2D eigenvalue weighted by atomic mass is 10.2. The van der Waals surface area contributed by atoms with Crippen LogP contribution in [0.15, 0.2) is 58.2 Å². The van der Waals surface area contributed by atoms with Crippen LogP contribution >= 0.6 is 27.7 Å². The molecule has 3 aromatic rings. The second-order valence-electron chi connectivity index (χ2n) is 6.58. The average Bonchev–Trinajstić information content (AvgIpc) is 3.17. The van der Waals surface area contributed by atoms with E-state index in [-0.39, 0.29) is 23.3 Å². The number of nitrogens with one attached hydrogen (secondary N) is 2. The van der Waals surface area contributed by atoms with E-state index in [4.69, 9.17) is 0 Å². The van der Waals surface area contributed by atoms with Crippen LogP contribution in [0.5, 0.6) is 0 Å². The fourth-order valence-electron chi connectivity index (χ4n) is 2.89. The van der Waals surface area contributed by atoms with Crippen LogP contribution in [0.1, 0.15) is 36.1 Å². The number of hydrogen-bond donors (Lipinski definition) is 2. The number of rotatable bonds is 8. The summed E-state index contributed by atoms with van der Waals surface area (Å²) in [5.74, 6) is -0.444. The van der Waals surface area contributed by atoms with E-state index in [1.165, 1.54) is 23.9 Å². The van der Waals surface area contributed by atoms with E-state index >= 15 is 0 Å². The van der Waals surface area contributed by atoms with Gasteiger partial charge in [0, 0.05) is 11.0 Å². The van der Waals surface area contributed by atoms with Gasteiger partial charge in [-0.3, -0.25) is 9.59 Å². The molecule has 1 atom stereocenters. The maximum atomic E-state index is 13.7. The van der Waals surface area contributed by atoms with Crippen molar-refractivity contribution in [3.63, 3.8) is 0 Å². The van der Waals surface area contributed by atoms with Crippen molar-refractivity contribution >= 4 is 45.2 Å². The fraction of sp³-hybridized carbons (Fsp3) is 0.238. The summed E-state index contributed by atoms with van der Waals surface area (Å²) in [6.45, 7) is 4.32. The molecule has 2 aromatic carbocycles. The number of benzene rings is 2. The number of carbonyl (C=O) groups excluding carboxylic acids is 2. The SMILES string of the molecule is CCn1c(SCC(=O)Nc2ccccc2F)nnc1[C@@H](C)NC(=O)c1ccccc1Br. The Morgan fingerprint density at radius 1 is 1.16 bits per heavy atom. The predicted molar refractivity (Wildman–Crippen MR) is 121 cm³/mol. The molecule has 3 rings (SSSR count). The summed E-state index contributed by atoms with van der Waals surface area (Å²) in [5, 5.41) is 14.4. The van der Waals surface area contributed by atoms with Gasteiger partial charge in [-0.2, -0.15) is 0 Å². The number of thioether (sulfide) groups is 1. The van der Waals surface area contributed by atoms with Crippen LogP contribution in [-0.2, 0) is 11.3 Å². The van der Waals surface area contributed by atoms with Crippen molar-refractivity contribution in [3.8, 4) is 0 Å². The molecule has 0 bridgehead atoms. The van der Waals surface area contributed by atoms with E-state index < -0.39 is 11.9 Å². The van der Waals surface area contributed by atoms with Gasteiger partial charge in [0.1, 0.15) is 5.82 Å². The van der Waals surface area contributed by atoms with Gasteiger partial charge in [-0.25, -0.2) is 4.39 Å². The number of nitrogens with zero attached hydrogens (tertiary/aromatic N) is 3. The van der Waals surface area contributed by atoms with E-state index in [1.807, 2.05) is 24.5 Å². The zero-order valence-electron chi connectivity index (χ0n) is 16.9. The molecular formula is C21H21BrFN5O2S. The maximum Gasteiger partial charge on any atom is 0.253 e. The van der Waals surface area contributed by atoms with E-state index in [1.54, 1.807) is 30.3 Å². The first kappa shape index (κ1) is 23.0. The lowest BCUT2D eigenvalue weighted by Gasteiger charge is -2.15. The molecule has 2 amide bonds. The number of halogens is 2. The van der Waals surface area contributed by atoms with Crippen molar-refractivity contribution in [2.24, 2.45) is 0 Å². The minimum atomic E-state index is -0.491. The highest BCUT2D eigenvalue weighted by molar-refractivity contribution is 9.10. The van der Waals surface area contributed by atoms with Gasteiger partial charge in [-0.05, 0) is 54.0 Å². The van der Waals surface area contributed by atoms with Crippen LogP contribution in [0.25, 0.3) is 0 Å². The third-order valence-corrected chi connectivity index (χ3v) is 6.05. The molecule has 0 aliphatic rings. The van der Waals surface area contributed by atoms with Gasteiger partial charge in [-0.1, -0.05) is 36.0 Å². The van der Waals surface area contributed by atoms with Crippen LogP contribution in [0.4, 0.5) is 10.1 Å². The van der Waals surface area contributed by atoms with Crippen molar-refractivity contribution in [1.29, 1.82) is 0 Å². The maximum absolute atomic E-state index is 13.7. The number of amides is 2. The summed E-state index contributed by atoms with van der Waals surface area (Å²) < 4.78 is 16.2. The molecule has 0 aliphatic heterocycles. The third-order valence-electron chi connectivity index (χ3n) is 4.40. The van der Waals surface area contributed by atoms with Gasteiger partial charge in [0.15, 0.2) is 11.0 Å². The minimum Gasteiger partial charge on any atom is -0.342 e. The Balaban J connectivity index is 1.64. The van der Waals surface area contributed by atoms with E-state index in [9.17, 15) is 14.0 Å². The smallest absolute Gasteiger partial charge is 0.253 e. The molecule has 0 saturated carbocycles. The second kappa shape index (κ2) is 10.5. The van der Waals surface area contributed by atoms with E-state index in [2.05, 4.69) is 36.8 Å². The van der Waals surface area contributed by atoms with Gasteiger partial charge in [-0.15, -0.1) is 10.2 Å². The average molecular weight is 506 g/mol. The normalized spacial score (nSPS) is 11.7. The van der Waals surface area contributed by atoms with Crippen molar-refractivity contribution in [3.05, 3.63) is 70.2 Å². The molecule has 2 N–H and O–H groups in total. The van der Waals surface area contributed by atoms with Gasteiger partial charge < -0.3 is 15.2 Å². The standard InChI is InChI=1S/C21H21BrFN5O2S/c1-3-28-19(13(2)24-20(30)14-8-4-5-9-15(14)22)26-27-21(28)31-12-18(29)25-17-11-7-6-10-16(17)23/h4-11,13H,3,12H2,1-2H3,(H,24,30)(H,25,29)/t13-/m1/s1. The van der Waals surface area contributed by atoms with Crippen molar-refractivity contribution < 1.29 is 14.0 Å². The summed E-state index contributed by atoms with van der Waals surface area (Å²) in [6, 6.07) is 12.8. The highest BCUT2D eigenvalue weighted by Gasteiger charge is 2.21. The Labute approximate surface area is 192 Å². The molecule has 0 fully saturated rings. The molecular weight excluding hydrogens is 485 g/mol. The number of aromatic nitrogens is 3. The summed E-state index contributed by atoms with van der Waals surface area (Å²) in [6.07, 6.45) is 0. The summed E-state index contributed by atoms with van der Waals surface area (Å²) in [4.78, 5) is 24.8. The molecule has 7 nitrogen and oxygen atoms in total. The van der Waals surface area contributed by atoms with E-state index in [0.29, 0.717) is 27.6 Å². The largest absolute Gasteiger partial charge is 0.342 e. The van der Waals surface area contributed by atoms with E-state index in [0.717, 1.165) is 0 Å². The topological polar surface area (TPSA) is 88.9 Å². The van der Waals surface area contributed by atoms with Crippen LogP contribution in [0.2, 0.25) is 0 Å². The van der Waals surface area contributed by atoms with Crippen LogP contribution < -0.4 is 10.6 Å². The first-order valence-electron chi connectivity index (χ1n) is 9.56. The van der Waals surface area contributed by atoms with Gasteiger partial charge >= 0.3 is 0 Å². The van der Waals surface area contributed by atoms with Gasteiger partial charge in [0.25, 0.3) is 5.91 Å². The highest BCUT2D eigenvalue weighted by Crippen LogP contribution is 2.22. The minimum absolute atomic E-state index is 0.0458. The Morgan fingerprint density at radius 3 is 2.58 bits per heavy atom. The first-order chi connectivity index (χ1) is 14.9. The molecule has 0 radical (unpaired) electrons. The van der Waals surface area contributed by atoms with Crippen molar-refractivity contribution in [2.45, 2.75) is 31.6 Å². The number of hydrogen-bond acceptors (Lipinski definition) is 5. The lowest BCUT2D eigenvalue weighted by molar-refractivity contribution is -0.113. The Bertz CT molecular complexity index is 1090. The van der Waals surface area contributed by atoms with Gasteiger partial charge in [0.05, 0.1) is 23.0 Å². The Hall–Kier alpha value is -2.72. The lowest BCUT2D eigenvalue weighted by Crippen LogP contribution is -2.29. The fourth-order valence-corrected chi connectivity index (χ4v) is 4.16. The molecule has 0 saturated heterocycles. The molecule has 0 unspecified atom stereocenters. The second-order valence-corrected chi connectivity index (χ2v) is 8.37. The summed E-state index contributed by atoms with van der Waals surface area (Å²) in [5.41, 5.74) is 0.658. The Kier molecular flexibility index (Phi) is 7.80. The van der Waals surface area contributed by atoms with Crippen LogP contribution in [0, 0.1) is 5.82 Å². The molecule has 0 spiro atoms. The van der Waals surface area contributed by atoms with Crippen molar-refractivity contribution in [2.75, 3.05) is 11.1 Å². The van der Waals surface area contributed by atoms with Crippen LogP contribution in [0.3, 0.4) is 0 Å². The predicted octanol–water partition coefficient (Wildman–Crippen LogP) is 4.42. The zero-order valence-corrected chi connectivity index (χ0v) is 19.3. The number of carbonyl (C=O) groups is 2. The highest BCUT2D eigenvalue weighted by atomic mass is 79.9. The molecule has 1 heterocycles. The molecule has 31 heavy (non-hydrogen) atoms. The summed E-state index contributed by atoms with van der Waals surface area (Å²) in [7, 11) is 0. The molecule has 162 valence electrons. The number of anilines is 1. The molecule has 0 aliphatic carbocycles. The summed E-state index contributed by atoms with van der Waals surface area (Å²) >= 11 is 4.57. The Morgan fingerprint density at radius 2 is 1.87 bits per heavy atom. The van der Waals surface area contributed by atoms with Crippen LogP contribution in [-0.4, -0.2) is 32.3 Å². The third kappa shape index (κ3) is 5.71. The first-order valence-corrected chi connectivity index (χ1v) is 11.3.